The average molecular weight is 502 g/mol. The number of esters is 1. The number of carbonyl (C=O) groups is 4. The summed E-state index contributed by atoms with van der Waals surface area (Å²) in [6, 6.07) is -0.946. The Kier molecular flexibility index (Phi) is 7.68. The second kappa shape index (κ2) is 10.3. The normalized spacial score (nSPS) is 37.0. The number of carboxylic acid groups (broad SMARTS) is 1. The van der Waals surface area contributed by atoms with Gasteiger partial charge in [0.15, 0.2) is 5.78 Å². The highest BCUT2D eigenvalue weighted by molar-refractivity contribution is 5.91. The molecule has 3 fully saturated rings. The number of hydrogen-bond donors (Lipinski definition) is 2. The van der Waals surface area contributed by atoms with Crippen molar-refractivity contribution < 1.29 is 29.0 Å². The minimum atomic E-state index is -1.06. The van der Waals surface area contributed by atoms with Crippen LogP contribution in [0.2, 0.25) is 0 Å². The minimum absolute atomic E-state index is 0.0395. The highest BCUT2D eigenvalue weighted by Gasteiger charge is 2.59. The van der Waals surface area contributed by atoms with Gasteiger partial charge in [-0.25, -0.2) is 4.79 Å². The fourth-order valence-corrected chi connectivity index (χ4v) is 8.07. The van der Waals surface area contributed by atoms with Crippen molar-refractivity contribution in [3.63, 3.8) is 0 Å². The molecule has 4 aliphatic carbocycles. The highest BCUT2D eigenvalue weighted by Crippen LogP contribution is 2.65. The van der Waals surface area contributed by atoms with Gasteiger partial charge in [0.2, 0.25) is 5.91 Å². The first-order valence-corrected chi connectivity index (χ1v) is 13.9. The number of ether oxygens (including phenoxy) is 1. The summed E-state index contributed by atoms with van der Waals surface area (Å²) in [4.78, 5) is 48.6. The molecule has 0 spiro atoms. The summed E-state index contributed by atoms with van der Waals surface area (Å²) >= 11 is 0. The molecule has 7 nitrogen and oxygen atoms in total. The van der Waals surface area contributed by atoms with E-state index >= 15 is 0 Å². The number of allylic oxidation sites excluding steroid dienone is 1. The quantitative estimate of drug-likeness (QED) is 0.461. The number of nitrogens with one attached hydrogen (secondary N) is 1. The molecule has 0 aliphatic heterocycles. The van der Waals surface area contributed by atoms with Crippen molar-refractivity contribution in [2.24, 2.45) is 34.5 Å². The van der Waals surface area contributed by atoms with Gasteiger partial charge in [0.05, 0.1) is 6.42 Å². The van der Waals surface area contributed by atoms with Crippen LogP contribution in [0, 0.1) is 34.5 Å². The SMILES string of the molecule is CC[C@H](C)[C@H](NC(=O)CCC(=O)O[C@@H]1CC[C@@H]2[C@@H]3CCC4=CC(=O)CC[C@]4(C)[C@H]3CC[C@@]21C)C(=O)O. The molecule has 8 atom stereocenters. The maximum absolute atomic E-state index is 12.7. The van der Waals surface area contributed by atoms with Gasteiger partial charge in [-0.05, 0) is 80.1 Å². The van der Waals surface area contributed by atoms with Crippen molar-refractivity contribution in [3.8, 4) is 0 Å². The summed E-state index contributed by atoms with van der Waals surface area (Å²) < 4.78 is 5.99. The van der Waals surface area contributed by atoms with Crippen molar-refractivity contribution in [1.29, 1.82) is 0 Å². The van der Waals surface area contributed by atoms with Crippen molar-refractivity contribution in [2.45, 2.75) is 110 Å². The lowest BCUT2D eigenvalue weighted by Gasteiger charge is -2.57. The van der Waals surface area contributed by atoms with E-state index in [0.29, 0.717) is 30.6 Å². The average Bonchev–Trinajstić information content (AvgIpc) is 3.17. The number of aliphatic carboxylic acids is 1. The highest BCUT2D eigenvalue weighted by atomic mass is 16.5. The second-order valence-electron chi connectivity index (χ2n) is 12.3. The molecule has 0 radical (unpaired) electrons. The summed E-state index contributed by atoms with van der Waals surface area (Å²) in [6.45, 7) is 8.33. The third-order valence-electron chi connectivity index (χ3n) is 10.5. The third-order valence-corrected chi connectivity index (χ3v) is 10.5. The van der Waals surface area contributed by atoms with Crippen LogP contribution in [0.25, 0.3) is 0 Å². The molecule has 4 aliphatic rings. The lowest BCUT2D eigenvalue weighted by molar-refractivity contribution is -0.160. The van der Waals surface area contributed by atoms with E-state index in [4.69, 9.17) is 4.74 Å². The number of rotatable bonds is 8. The van der Waals surface area contributed by atoms with E-state index in [9.17, 15) is 24.3 Å². The van der Waals surface area contributed by atoms with Crippen LogP contribution in [-0.4, -0.2) is 40.9 Å². The molecule has 0 aromatic carbocycles. The zero-order valence-corrected chi connectivity index (χ0v) is 22.3. The fraction of sp³-hybridized carbons (Fsp3) is 0.793. The van der Waals surface area contributed by atoms with Crippen LogP contribution in [0.15, 0.2) is 11.6 Å². The summed E-state index contributed by atoms with van der Waals surface area (Å²) in [6.07, 6.45) is 10.1. The number of carboxylic acids is 1. The predicted octanol–water partition coefficient (Wildman–Crippen LogP) is 4.83. The second-order valence-corrected chi connectivity index (χ2v) is 12.3. The first-order chi connectivity index (χ1) is 17.0. The van der Waals surface area contributed by atoms with Crippen LogP contribution < -0.4 is 5.32 Å². The molecule has 36 heavy (non-hydrogen) atoms. The number of ketones is 1. The molecule has 0 bridgehead atoms. The van der Waals surface area contributed by atoms with Crippen molar-refractivity contribution in [1.82, 2.24) is 5.32 Å². The molecule has 0 unspecified atom stereocenters. The van der Waals surface area contributed by atoms with E-state index in [1.54, 1.807) is 6.92 Å². The Bertz CT molecular complexity index is 942. The van der Waals surface area contributed by atoms with Gasteiger partial charge in [-0.1, -0.05) is 39.7 Å². The topological polar surface area (TPSA) is 110 Å². The zero-order chi connectivity index (χ0) is 26.3. The zero-order valence-electron chi connectivity index (χ0n) is 22.3. The number of fused-ring (bicyclic) bond motifs is 5. The van der Waals surface area contributed by atoms with Crippen LogP contribution in [-0.2, 0) is 23.9 Å². The lowest BCUT2D eigenvalue weighted by atomic mass is 9.47. The summed E-state index contributed by atoms with van der Waals surface area (Å²) in [5.41, 5.74) is 1.44. The molecule has 4 rings (SSSR count). The van der Waals surface area contributed by atoms with E-state index in [-0.39, 0.29) is 47.4 Å². The van der Waals surface area contributed by atoms with Gasteiger partial charge in [-0.15, -0.1) is 0 Å². The van der Waals surface area contributed by atoms with Gasteiger partial charge in [-0.2, -0.15) is 0 Å². The molecule has 0 heterocycles. The van der Waals surface area contributed by atoms with Crippen LogP contribution in [0.4, 0.5) is 0 Å². The van der Waals surface area contributed by atoms with Crippen molar-refractivity contribution in [2.75, 3.05) is 0 Å². The molecule has 200 valence electrons. The van der Waals surface area contributed by atoms with Crippen LogP contribution >= 0.6 is 0 Å². The number of hydrogen-bond acceptors (Lipinski definition) is 5. The summed E-state index contributed by atoms with van der Waals surface area (Å²) in [5, 5.41) is 11.9. The number of amides is 1. The smallest absolute Gasteiger partial charge is 0.326 e. The van der Waals surface area contributed by atoms with Crippen LogP contribution in [0.3, 0.4) is 0 Å². The van der Waals surface area contributed by atoms with Gasteiger partial charge in [0, 0.05) is 18.3 Å². The first kappa shape index (κ1) is 26.9. The maximum atomic E-state index is 12.7. The van der Waals surface area contributed by atoms with E-state index in [1.165, 1.54) is 5.57 Å². The van der Waals surface area contributed by atoms with E-state index < -0.39 is 17.9 Å². The van der Waals surface area contributed by atoms with E-state index in [1.807, 2.05) is 13.0 Å². The van der Waals surface area contributed by atoms with Gasteiger partial charge >= 0.3 is 11.9 Å². The van der Waals surface area contributed by atoms with Crippen molar-refractivity contribution >= 4 is 23.6 Å². The van der Waals surface area contributed by atoms with Crippen LogP contribution in [0.1, 0.15) is 98.3 Å². The Labute approximate surface area is 214 Å². The predicted molar refractivity (Wildman–Crippen MR) is 135 cm³/mol. The van der Waals surface area contributed by atoms with E-state index in [2.05, 4.69) is 19.2 Å². The standard InChI is InChI=1S/C29H43NO6/c1-5-17(2)26(27(34)35)30-24(32)10-11-25(33)36-23-9-8-21-20-7-6-18-16-19(31)12-14-28(18,3)22(20)13-15-29(21,23)4/h16-17,20-23,26H,5-15H2,1-4H3,(H,30,32)(H,34,35)/t17-,20-,21+,22-,23+,26-,28-,29-/m0/s1. The Balaban J connectivity index is 1.34. The monoisotopic (exact) mass is 501 g/mol. The summed E-state index contributed by atoms with van der Waals surface area (Å²) in [5.74, 6) is -0.0631. The molecule has 7 heteroatoms. The fourth-order valence-electron chi connectivity index (χ4n) is 8.07. The molecule has 1 amide bonds. The molecule has 3 saturated carbocycles. The minimum Gasteiger partial charge on any atom is -0.480 e. The Morgan fingerprint density at radius 3 is 2.53 bits per heavy atom. The van der Waals surface area contributed by atoms with Gasteiger partial charge < -0.3 is 15.2 Å². The maximum Gasteiger partial charge on any atom is 0.326 e. The Morgan fingerprint density at radius 1 is 1.08 bits per heavy atom. The molecule has 0 aromatic rings. The molecular weight excluding hydrogens is 458 g/mol. The molecule has 0 saturated heterocycles. The lowest BCUT2D eigenvalue weighted by Crippen LogP contribution is -2.51. The van der Waals surface area contributed by atoms with Gasteiger partial charge in [0.25, 0.3) is 0 Å². The van der Waals surface area contributed by atoms with Crippen LogP contribution in [0.5, 0.6) is 0 Å². The Hall–Kier alpha value is -2.18. The molecule has 2 N–H and O–H groups in total. The molecular formula is C29H43NO6. The third kappa shape index (κ3) is 4.87. The van der Waals surface area contributed by atoms with Gasteiger partial charge in [0.1, 0.15) is 12.1 Å². The molecule has 0 aromatic heterocycles. The first-order valence-electron chi connectivity index (χ1n) is 13.9. The van der Waals surface area contributed by atoms with Gasteiger partial charge in [-0.3, -0.25) is 14.4 Å². The van der Waals surface area contributed by atoms with Crippen molar-refractivity contribution in [3.05, 3.63) is 11.6 Å². The summed E-state index contributed by atoms with van der Waals surface area (Å²) in [7, 11) is 0. The Morgan fingerprint density at radius 2 is 1.83 bits per heavy atom. The number of carbonyl (C=O) groups excluding carboxylic acids is 3. The largest absolute Gasteiger partial charge is 0.480 e. The van der Waals surface area contributed by atoms with E-state index in [0.717, 1.165) is 44.9 Å².